The number of aryl methyl sites for hydroxylation is 2. The van der Waals surface area contributed by atoms with Gasteiger partial charge in [0.05, 0.1) is 17.5 Å². The lowest BCUT2D eigenvalue weighted by Crippen LogP contribution is -2.49. The molecule has 134 valence electrons. The van der Waals surface area contributed by atoms with Crippen molar-refractivity contribution in [2.45, 2.75) is 13.3 Å². The molecule has 0 unspecified atom stereocenters. The molecule has 1 fully saturated rings. The molecule has 1 aromatic heterocycles. The third kappa shape index (κ3) is 3.17. The van der Waals surface area contributed by atoms with Crippen molar-refractivity contribution in [2.24, 2.45) is 7.05 Å². The molecule has 1 saturated heterocycles. The zero-order valence-corrected chi connectivity index (χ0v) is 15.4. The number of nitrogens with zero attached hydrogens (tertiary/aromatic N) is 4. The van der Waals surface area contributed by atoms with Gasteiger partial charge in [-0.1, -0.05) is 24.3 Å². The molecule has 1 aliphatic rings. The zero-order chi connectivity index (χ0) is 18.1. The van der Waals surface area contributed by atoms with Crippen LogP contribution in [0.2, 0.25) is 0 Å². The van der Waals surface area contributed by atoms with Crippen molar-refractivity contribution in [1.29, 1.82) is 0 Å². The van der Waals surface area contributed by atoms with Crippen LogP contribution in [0.4, 0.5) is 5.69 Å². The molecule has 3 aromatic rings. The highest BCUT2D eigenvalue weighted by atomic mass is 16.2. The van der Waals surface area contributed by atoms with Crippen molar-refractivity contribution >= 4 is 22.6 Å². The van der Waals surface area contributed by atoms with Gasteiger partial charge in [-0.15, -0.1) is 0 Å². The molecule has 0 bridgehead atoms. The fourth-order valence-electron chi connectivity index (χ4n) is 3.62. The summed E-state index contributed by atoms with van der Waals surface area (Å²) in [5, 5.41) is 0. The van der Waals surface area contributed by atoms with Crippen molar-refractivity contribution in [3.8, 4) is 0 Å². The van der Waals surface area contributed by atoms with E-state index in [0.29, 0.717) is 6.42 Å². The van der Waals surface area contributed by atoms with Crippen molar-refractivity contribution < 1.29 is 4.79 Å². The number of piperazine rings is 1. The van der Waals surface area contributed by atoms with Gasteiger partial charge in [0.2, 0.25) is 5.91 Å². The number of amides is 1. The van der Waals surface area contributed by atoms with E-state index in [1.54, 1.807) is 0 Å². The Labute approximate surface area is 153 Å². The minimum absolute atomic E-state index is 0.199. The molecule has 1 amide bonds. The van der Waals surface area contributed by atoms with Crippen LogP contribution in [-0.2, 0) is 18.3 Å². The first-order valence-corrected chi connectivity index (χ1v) is 9.11. The number of carbonyl (C=O) groups excluding carboxylic acids is 1. The summed E-state index contributed by atoms with van der Waals surface area (Å²) in [4.78, 5) is 21.6. The summed E-state index contributed by atoms with van der Waals surface area (Å²) in [6.45, 7) is 5.32. The summed E-state index contributed by atoms with van der Waals surface area (Å²) in [7, 11) is 2.02. The molecule has 2 aromatic carbocycles. The van der Waals surface area contributed by atoms with Crippen LogP contribution in [0.1, 0.15) is 11.4 Å². The summed E-state index contributed by atoms with van der Waals surface area (Å²) < 4.78 is 2.07. The standard InChI is InChI=1S/C21H24N4O/c1-16-22-19-14-17(8-9-20(19)23(16)2)15-21(26)25-12-10-24(11-13-25)18-6-4-3-5-7-18/h3-9,14H,10-13,15H2,1-2H3. The molecule has 0 N–H and O–H groups in total. The van der Waals surface area contributed by atoms with Gasteiger partial charge in [0.25, 0.3) is 0 Å². The first kappa shape index (κ1) is 16.6. The van der Waals surface area contributed by atoms with Crippen LogP contribution in [0.15, 0.2) is 48.5 Å². The molecule has 0 saturated carbocycles. The summed E-state index contributed by atoms with van der Waals surface area (Å²) in [6, 6.07) is 16.5. The monoisotopic (exact) mass is 348 g/mol. The molecule has 5 nitrogen and oxygen atoms in total. The Balaban J connectivity index is 1.40. The smallest absolute Gasteiger partial charge is 0.227 e. The van der Waals surface area contributed by atoms with Crippen LogP contribution < -0.4 is 4.90 Å². The predicted molar refractivity (Wildman–Crippen MR) is 104 cm³/mol. The van der Waals surface area contributed by atoms with Crippen LogP contribution in [-0.4, -0.2) is 46.5 Å². The number of benzene rings is 2. The van der Waals surface area contributed by atoms with E-state index >= 15 is 0 Å². The number of rotatable bonds is 3. The number of carbonyl (C=O) groups is 1. The van der Waals surface area contributed by atoms with E-state index in [-0.39, 0.29) is 5.91 Å². The van der Waals surface area contributed by atoms with Crippen molar-refractivity contribution in [1.82, 2.24) is 14.5 Å². The zero-order valence-electron chi connectivity index (χ0n) is 15.4. The minimum atomic E-state index is 0.199. The Hall–Kier alpha value is -2.82. The van der Waals surface area contributed by atoms with Gasteiger partial charge in [-0.25, -0.2) is 4.98 Å². The lowest BCUT2D eigenvalue weighted by Gasteiger charge is -2.36. The van der Waals surface area contributed by atoms with E-state index in [4.69, 9.17) is 0 Å². The second kappa shape index (κ2) is 6.83. The van der Waals surface area contributed by atoms with Crippen molar-refractivity contribution in [3.05, 3.63) is 59.9 Å². The molecule has 0 aliphatic carbocycles. The summed E-state index contributed by atoms with van der Waals surface area (Å²) in [5.74, 6) is 1.19. The molecule has 5 heteroatoms. The highest BCUT2D eigenvalue weighted by molar-refractivity contribution is 5.82. The fourth-order valence-corrected chi connectivity index (χ4v) is 3.62. The van der Waals surface area contributed by atoms with Gasteiger partial charge in [-0.2, -0.15) is 0 Å². The fraction of sp³-hybridized carbons (Fsp3) is 0.333. The minimum Gasteiger partial charge on any atom is -0.368 e. The third-order valence-electron chi connectivity index (χ3n) is 5.28. The van der Waals surface area contributed by atoms with Gasteiger partial charge < -0.3 is 14.4 Å². The van der Waals surface area contributed by atoms with Crippen LogP contribution in [0, 0.1) is 6.92 Å². The SMILES string of the molecule is Cc1nc2cc(CC(=O)N3CCN(c4ccccc4)CC3)ccc2n1C. The number of aromatic nitrogens is 2. The van der Waals surface area contributed by atoms with Gasteiger partial charge in [-0.05, 0) is 36.8 Å². The molecule has 0 spiro atoms. The number of anilines is 1. The Bertz CT molecular complexity index is 924. The van der Waals surface area contributed by atoms with E-state index in [0.717, 1.165) is 48.6 Å². The predicted octanol–water partition coefficient (Wildman–Crippen LogP) is 2.77. The quantitative estimate of drug-likeness (QED) is 0.731. The first-order valence-electron chi connectivity index (χ1n) is 9.11. The van der Waals surface area contributed by atoms with Gasteiger partial charge >= 0.3 is 0 Å². The van der Waals surface area contributed by atoms with E-state index in [2.05, 4.69) is 44.8 Å². The Morgan fingerprint density at radius 3 is 2.50 bits per heavy atom. The number of hydrogen-bond acceptors (Lipinski definition) is 3. The number of imidazole rings is 1. The van der Waals surface area contributed by atoms with Crippen LogP contribution in [0.5, 0.6) is 0 Å². The lowest BCUT2D eigenvalue weighted by atomic mass is 10.1. The second-order valence-electron chi connectivity index (χ2n) is 6.92. The Morgan fingerprint density at radius 1 is 1.04 bits per heavy atom. The van der Waals surface area contributed by atoms with E-state index < -0.39 is 0 Å². The maximum atomic E-state index is 12.7. The van der Waals surface area contributed by atoms with Gasteiger partial charge in [0.1, 0.15) is 5.82 Å². The molecule has 0 atom stereocenters. The molecule has 0 radical (unpaired) electrons. The number of para-hydroxylation sites is 1. The molecule has 1 aliphatic heterocycles. The Kier molecular flexibility index (Phi) is 4.37. The average molecular weight is 348 g/mol. The molecular weight excluding hydrogens is 324 g/mol. The van der Waals surface area contributed by atoms with Gasteiger partial charge in [-0.3, -0.25) is 4.79 Å². The van der Waals surface area contributed by atoms with E-state index in [1.807, 2.05) is 37.1 Å². The van der Waals surface area contributed by atoms with Crippen molar-refractivity contribution in [3.63, 3.8) is 0 Å². The number of fused-ring (bicyclic) bond motifs is 1. The highest BCUT2D eigenvalue weighted by Crippen LogP contribution is 2.19. The normalized spacial score (nSPS) is 14.8. The summed E-state index contributed by atoms with van der Waals surface area (Å²) >= 11 is 0. The van der Waals surface area contributed by atoms with Crippen LogP contribution >= 0.6 is 0 Å². The lowest BCUT2D eigenvalue weighted by molar-refractivity contribution is -0.130. The highest BCUT2D eigenvalue weighted by Gasteiger charge is 2.21. The molecular formula is C21H24N4O. The maximum Gasteiger partial charge on any atom is 0.227 e. The van der Waals surface area contributed by atoms with E-state index in [1.165, 1.54) is 5.69 Å². The molecule has 26 heavy (non-hydrogen) atoms. The van der Waals surface area contributed by atoms with Gasteiger partial charge in [0, 0.05) is 38.9 Å². The van der Waals surface area contributed by atoms with Crippen LogP contribution in [0.3, 0.4) is 0 Å². The summed E-state index contributed by atoms with van der Waals surface area (Å²) in [6.07, 6.45) is 0.441. The summed E-state index contributed by atoms with van der Waals surface area (Å²) in [5.41, 5.74) is 4.33. The topological polar surface area (TPSA) is 41.4 Å². The Morgan fingerprint density at radius 2 is 1.77 bits per heavy atom. The van der Waals surface area contributed by atoms with Gasteiger partial charge in [0.15, 0.2) is 0 Å². The number of hydrogen-bond donors (Lipinski definition) is 0. The molecule has 2 heterocycles. The molecule has 4 rings (SSSR count). The third-order valence-corrected chi connectivity index (χ3v) is 5.28. The largest absolute Gasteiger partial charge is 0.368 e. The first-order chi connectivity index (χ1) is 12.6. The second-order valence-corrected chi connectivity index (χ2v) is 6.92. The van der Waals surface area contributed by atoms with E-state index in [9.17, 15) is 4.79 Å². The maximum absolute atomic E-state index is 12.7. The average Bonchev–Trinajstić information content (AvgIpc) is 2.96. The van der Waals surface area contributed by atoms with Crippen LogP contribution in [0.25, 0.3) is 11.0 Å². The van der Waals surface area contributed by atoms with Crippen molar-refractivity contribution in [2.75, 3.05) is 31.1 Å².